The van der Waals surface area contributed by atoms with Crippen LogP contribution >= 0.6 is 11.6 Å². The Labute approximate surface area is 127 Å². The van der Waals surface area contributed by atoms with Crippen molar-refractivity contribution in [2.75, 3.05) is 30.1 Å². The van der Waals surface area contributed by atoms with Crippen molar-refractivity contribution >= 4 is 27.1 Å². The van der Waals surface area contributed by atoms with E-state index in [0.717, 1.165) is 31.5 Å². The number of para-hydroxylation sites is 1. The lowest BCUT2D eigenvalue weighted by Crippen LogP contribution is -2.21. The smallest absolute Gasteiger partial charge is 0.180 e. The highest BCUT2D eigenvalue weighted by Crippen LogP contribution is 2.25. The average Bonchev–Trinajstić information content (AvgIpc) is 2.43. The van der Waals surface area contributed by atoms with Crippen molar-refractivity contribution in [3.8, 4) is 0 Å². The summed E-state index contributed by atoms with van der Waals surface area (Å²) >= 11 is 5.66. The molecule has 20 heavy (non-hydrogen) atoms. The average molecular weight is 318 g/mol. The fourth-order valence-electron chi connectivity index (χ4n) is 2.15. The van der Waals surface area contributed by atoms with Crippen molar-refractivity contribution in [2.45, 2.75) is 37.5 Å². The SMILES string of the molecule is CCCS(=O)(=O)c1ccccc1N(C)CCCCCCl. The lowest BCUT2D eigenvalue weighted by molar-refractivity contribution is 0.594. The predicted molar refractivity (Wildman–Crippen MR) is 86.6 cm³/mol. The topological polar surface area (TPSA) is 37.4 Å². The zero-order valence-corrected chi connectivity index (χ0v) is 13.9. The van der Waals surface area contributed by atoms with Crippen LogP contribution in [0, 0.1) is 0 Å². The lowest BCUT2D eigenvalue weighted by atomic mass is 10.2. The molecule has 0 bridgehead atoms. The Balaban J connectivity index is 2.84. The summed E-state index contributed by atoms with van der Waals surface area (Å²) in [5.74, 6) is 0.884. The highest BCUT2D eigenvalue weighted by Gasteiger charge is 2.19. The monoisotopic (exact) mass is 317 g/mol. The van der Waals surface area contributed by atoms with Gasteiger partial charge in [0, 0.05) is 19.5 Å². The number of halogens is 1. The minimum absolute atomic E-state index is 0.199. The minimum atomic E-state index is -3.18. The first-order chi connectivity index (χ1) is 9.53. The molecule has 114 valence electrons. The Hall–Kier alpha value is -0.740. The van der Waals surface area contributed by atoms with Gasteiger partial charge in [0.25, 0.3) is 0 Å². The van der Waals surface area contributed by atoms with Gasteiger partial charge in [-0.15, -0.1) is 11.6 Å². The van der Waals surface area contributed by atoms with Crippen molar-refractivity contribution in [3.63, 3.8) is 0 Å². The van der Waals surface area contributed by atoms with Crippen LogP contribution in [0.25, 0.3) is 0 Å². The zero-order valence-electron chi connectivity index (χ0n) is 12.3. The van der Waals surface area contributed by atoms with Crippen LogP contribution in [0.4, 0.5) is 5.69 Å². The summed E-state index contributed by atoms with van der Waals surface area (Å²) in [6, 6.07) is 7.25. The zero-order chi connectivity index (χ0) is 15.0. The summed E-state index contributed by atoms with van der Waals surface area (Å²) in [4.78, 5) is 2.47. The third-order valence-corrected chi connectivity index (χ3v) is 5.44. The van der Waals surface area contributed by atoms with Gasteiger partial charge in [0.1, 0.15) is 0 Å². The van der Waals surface area contributed by atoms with E-state index < -0.39 is 9.84 Å². The fraction of sp³-hybridized carbons (Fsp3) is 0.600. The van der Waals surface area contributed by atoms with Gasteiger partial charge in [0.05, 0.1) is 16.3 Å². The second kappa shape index (κ2) is 8.53. The minimum Gasteiger partial charge on any atom is -0.374 e. The van der Waals surface area contributed by atoms with Crippen LogP contribution in [0.1, 0.15) is 32.6 Å². The fourth-order valence-corrected chi connectivity index (χ4v) is 3.93. The summed E-state index contributed by atoms with van der Waals surface area (Å²) in [6.07, 6.45) is 3.73. The molecule has 1 aromatic carbocycles. The number of hydrogen-bond donors (Lipinski definition) is 0. The largest absolute Gasteiger partial charge is 0.374 e. The van der Waals surface area contributed by atoms with Crippen LogP contribution in [0.15, 0.2) is 29.2 Å². The highest BCUT2D eigenvalue weighted by atomic mass is 35.5. The maximum atomic E-state index is 12.3. The standard InChI is InChI=1S/C15H24ClNO2S/c1-3-13-20(18,19)15-10-6-5-9-14(15)17(2)12-8-4-7-11-16/h5-6,9-10H,3-4,7-8,11-13H2,1-2H3. The van der Waals surface area contributed by atoms with Crippen molar-refractivity contribution in [1.82, 2.24) is 0 Å². The second-order valence-corrected chi connectivity index (χ2v) is 7.41. The van der Waals surface area contributed by atoms with E-state index in [1.807, 2.05) is 31.0 Å². The molecule has 0 aromatic heterocycles. The molecule has 3 nitrogen and oxygen atoms in total. The predicted octanol–water partition coefficient (Wildman–Crippen LogP) is 3.72. The molecule has 0 heterocycles. The van der Waals surface area contributed by atoms with Crippen molar-refractivity contribution in [1.29, 1.82) is 0 Å². The maximum absolute atomic E-state index is 12.3. The molecule has 0 aliphatic heterocycles. The molecule has 0 aliphatic carbocycles. The summed E-state index contributed by atoms with van der Waals surface area (Å²) in [5.41, 5.74) is 0.798. The van der Waals surface area contributed by atoms with E-state index in [1.165, 1.54) is 0 Å². The van der Waals surface area contributed by atoms with Crippen LogP contribution in [0.3, 0.4) is 0 Å². The van der Waals surface area contributed by atoms with Crippen molar-refractivity contribution in [2.24, 2.45) is 0 Å². The number of unbranched alkanes of at least 4 members (excludes halogenated alkanes) is 2. The number of rotatable bonds is 9. The van der Waals surface area contributed by atoms with Gasteiger partial charge < -0.3 is 4.90 Å². The summed E-state index contributed by atoms with van der Waals surface area (Å²) in [5, 5.41) is 0. The number of anilines is 1. The Morgan fingerprint density at radius 2 is 1.85 bits per heavy atom. The first-order valence-corrected chi connectivity index (χ1v) is 9.30. The first-order valence-electron chi connectivity index (χ1n) is 7.11. The molecule has 0 atom stereocenters. The van der Waals surface area contributed by atoms with E-state index in [-0.39, 0.29) is 5.75 Å². The molecule has 1 aromatic rings. The van der Waals surface area contributed by atoms with Crippen LogP contribution in [-0.4, -0.2) is 33.6 Å². The van der Waals surface area contributed by atoms with Gasteiger partial charge in [-0.3, -0.25) is 0 Å². The Morgan fingerprint density at radius 1 is 1.15 bits per heavy atom. The second-order valence-electron chi connectivity index (χ2n) is 4.96. The molecule has 0 amide bonds. The van der Waals surface area contributed by atoms with E-state index in [1.54, 1.807) is 12.1 Å². The molecule has 0 saturated carbocycles. The van der Waals surface area contributed by atoms with E-state index in [9.17, 15) is 8.42 Å². The molecule has 5 heteroatoms. The Bertz CT molecular complexity index is 502. The first kappa shape index (κ1) is 17.3. The quantitative estimate of drug-likeness (QED) is 0.514. The van der Waals surface area contributed by atoms with E-state index >= 15 is 0 Å². The van der Waals surface area contributed by atoms with Gasteiger partial charge in [0.15, 0.2) is 9.84 Å². The Morgan fingerprint density at radius 3 is 2.50 bits per heavy atom. The van der Waals surface area contributed by atoms with Crippen LogP contribution in [0.2, 0.25) is 0 Å². The van der Waals surface area contributed by atoms with Crippen LogP contribution < -0.4 is 4.90 Å². The van der Waals surface area contributed by atoms with Gasteiger partial charge in [-0.1, -0.05) is 25.5 Å². The molecule has 1 rings (SSSR count). The molecule has 0 spiro atoms. The van der Waals surface area contributed by atoms with E-state index in [0.29, 0.717) is 17.2 Å². The van der Waals surface area contributed by atoms with Gasteiger partial charge in [0.2, 0.25) is 0 Å². The van der Waals surface area contributed by atoms with Gasteiger partial charge >= 0.3 is 0 Å². The molecule has 0 fully saturated rings. The van der Waals surface area contributed by atoms with Gasteiger partial charge in [-0.2, -0.15) is 0 Å². The summed E-state index contributed by atoms with van der Waals surface area (Å²) in [7, 11) is -1.24. The lowest BCUT2D eigenvalue weighted by Gasteiger charge is -2.22. The van der Waals surface area contributed by atoms with Gasteiger partial charge in [-0.25, -0.2) is 8.42 Å². The molecule has 0 aliphatic rings. The summed E-state index contributed by atoms with van der Waals surface area (Å²) < 4.78 is 24.6. The third-order valence-electron chi connectivity index (χ3n) is 3.21. The third kappa shape index (κ3) is 4.98. The summed E-state index contributed by atoms with van der Waals surface area (Å²) in [6.45, 7) is 2.73. The highest BCUT2D eigenvalue weighted by molar-refractivity contribution is 7.91. The van der Waals surface area contributed by atoms with Crippen molar-refractivity contribution < 1.29 is 8.42 Å². The van der Waals surface area contributed by atoms with E-state index in [2.05, 4.69) is 0 Å². The molecule has 0 radical (unpaired) electrons. The van der Waals surface area contributed by atoms with Crippen LogP contribution in [-0.2, 0) is 9.84 Å². The molecular formula is C15H24ClNO2S. The number of hydrogen-bond acceptors (Lipinski definition) is 3. The molecule has 0 saturated heterocycles. The van der Waals surface area contributed by atoms with E-state index in [4.69, 9.17) is 11.6 Å². The molecule has 0 unspecified atom stereocenters. The molecular weight excluding hydrogens is 294 g/mol. The number of alkyl halides is 1. The number of nitrogens with zero attached hydrogens (tertiary/aromatic N) is 1. The maximum Gasteiger partial charge on any atom is 0.180 e. The van der Waals surface area contributed by atoms with Gasteiger partial charge in [-0.05, 0) is 31.4 Å². The number of benzene rings is 1. The van der Waals surface area contributed by atoms with Crippen molar-refractivity contribution in [3.05, 3.63) is 24.3 Å². The van der Waals surface area contributed by atoms with Crippen LogP contribution in [0.5, 0.6) is 0 Å². The molecule has 0 N–H and O–H groups in total. The number of sulfone groups is 1. The Kier molecular flexibility index (Phi) is 7.38. The normalized spacial score (nSPS) is 11.6.